The fourth-order valence-electron chi connectivity index (χ4n) is 12.3. The fourth-order valence-corrected chi connectivity index (χ4v) is 12.3. The summed E-state index contributed by atoms with van der Waals surface area (Å²) in [7, 11) is 1.84. The van der Waals surface area contributed by atoms with E-state index in [-0.39, 0.29) is 134 Å². The summed E-state index contributed by atoms with van der Waals surface area (Å²) < 4.78 is 31.8. The van der Waals surface area contributed by atoms with Gasteiger partial charge >= 0.3 is 90.1 Å². The Bertz CT molecular complexity index is 3310. The minimum atomic E-state index is -1.01. The molecule has 0 spiro atoms. The number of urea groups is 9. The lowest BCUT2D eigenvalue weighted by Crippen LogP contribution is -2.49. The number of carbonyl (C=O) groups is 18. The number of carbonyl (C=O) groups excluding carboxylic acids is 18. The molecule has 0 saturated heterocycles. The highest BCUT2D eigenvalue weighted by atomic mass is 16.6. The van der Waals surface area contributed by atoms with Crippen LogP contribution in [0.1, 0.15) is 325 Å². The van der Waals surface area contributed by atoms with E-state index in [9.17, 15) is 86.3 Å². The number of hydrogen-bond acceptors (Lipinski definition) is 28. The molecule has 0 bridgehead atoms. The van der Waals surface area contributed by atoms with Crippen LogP contribution in [0.25, 0.3) is 0 Å². The van der Waals surface area contributed by atoms with Crippen molar-refractivity contribution in [2.75, 3.05) is 92.5 Å². The summed E-state index contributed by atoms with van der Waals surface area (Å²) in [4.78, 5) is 218. The van der Waals surface area contributed by atoms with Gasteiger partial charge in [0.1, 0.15) is 39.6 Å². The van der Waals surface area contributed by atoms with Gasteiger partial charge in [-0.1, -0.05) is 156 Å². The van der Waals surface area contributed by atoms with Crippen LogP contribution in [0.3, 0.4) is 0 Å². The van der Waals surface area contributed by atoms with Gasteiger partial charge in [0.15, 0.2) is 0 Å². The summed E-state index contributed by atoms with van der Waals surface area (Å²) in [6.45, 7) is 16.9. The third-order valence-electron chi connectivity index (χ3n) is 20.1. The molecular formula is C89H165N19O24. The first-order valence-corrected chi connectivity index (χ1v) is 47.8. The minimum absolute atomic E-state index is 0.00302. The first kappa shape index (κ1) is 124. The number of ether oxygens (including phenoxy) is 6. The van der Waals surface area contributed by atoms with Crippen LogP contribution in [0.15, 0.2) is 0 Å². The number of hydrogen-bond donors (Lipinski definition) is 19. The van der Waals surface area contributed by atoms with Crippen LogP contribution in [0, 0.1) is 5.92 Å². The normalized spacial score (nSPS) is 12.3. The van der Waals surface area contributed by atoms with Crippen LogP contribution in [-0.4, -0.2) is 236 Å². The molecule has 0 aliphatic carbocycles. The van der Waals surface area contributed by atoms with E-state index < -0.39 is 114 Å². The summed E-state index contributed by atoms with van der Waals surface area (Å²) in [5.41, 5.74) is 17.7. The summed E-state index contributed by atoms with van der Waals surface area (Å²) in [5, 5.41) is 38.7. The maximum absolute atomic E-state index is 13.2. The molecule has 0 fully saturated rings. The third kappa shape index (κ3) is 80.5. The van der Waals surface area contributed by atoms with E-state index >= 15 is 0 Å². The summed E-state index contributed by atoms with van der Waals surface area (Å²) in [5.74, 6) is -3.68. The van der Waals surface area contributed by atoms with Gasteiger partial charge in [-0.3, -0.25) is 75.1 Å². The molecule has 760 valence electrons. The van der Waals surface area contributed by atoms with Gasteiger partial charge in [-0.25, -0.2) is 43.2 Å². The van der Waals surface area contributed by atoms with Crippen molar-refractivity contribution in [3.8, 4) is 0 Å². The van der Waals surface area contributed by atoms with E-state index in [0.717, 1.165) is 122 Å². The van der Waals surface area contributed by atoms with Crippen molar-refractivity contribution in [3.63, 3.8) is 0 Å². The molecule has 0 heterocycles. The predicted octanol–water partition coefficient (Wildman–Crippen LogP) is 8.57. The van der Waals surface area contributed by atoms with Crippen molar-refractivity contribution < 1.29 is 115 Å². The highest BCUT2D eigenvalue weighted by Gasteiger charge is 2.27. The molecule has 0 aromatic rings. The number of rotatable bonds is 73. The van der Waals surface area contributed by atoms with Gasteiger partial charge in [0.05, 0.1) is 24.2 Å². The third-order valence-corrected chi connectivity index (χ3v) is 20.1. The topological polar surface area (TPSA) is 633 Å². The number of esters is 6. The molecular weight excluding hydrogens is 1720 g/mol. The Morgan fingerprint density at radius 2 is 0.598 bits per heavy atom. The van der Waals surface area contributed by atoms with Gasteiger partial charge in [0.25, 0.3) is 0 Å². The van der Waals surface area contributed by atoms with Gasteiger partial charge in [-0.05, 0) is 138 Å². The lowest BCUT2D eigenvalue weighted by atomic mass is 9.88. The number of unbranched alkanes of at least 4 members (excludes halogenated alkanes) is 24. The fraction of sp³-hybridized carbons (Fsp3) is 0.798. The molecule has 0 aromatic heterocycles. The number of amides is 21. The predicted molar refractivity (Wildman–Crippen MR) is 497 cm³/mol. The van der Waals surface area contributed by atoms with Gasteiger partial charge in [-0.15, -0.1) is 0 Å². The van der Waals surface area contributed by atoms with E-state index in [0.29, 0.717) is 129 Å². The van der Waals surface area contributed by atoms with Crippen LogP contribution < -0.4 is 102 Å². The average Bonchev–Trinajstić information content (AvgIpc) is 0.898. The van der Waals surface area contributed by atoms with Gasteiger partial charge < -0.3 is 98.8 Å². The largest absolute Gasteiger partial charge is 0.464 e. The van der Waals surface area contributed by atoms with E-state index in [1.54, 1.807) is 13.8 Å². The van der Waals surface area contributed by atoms with Crippen molar-refractivity contribution in [3.05, 3.63) is 0 Å². The molecule has 0 rings (SSSR count). The Labute approximate surface area is 780 Å². The summed E-state index contributed by atoms with van der Waals surface area (Å²) in [6.07, 6.45) is 27.7. The van der Waals surface area contributed by atoms with Crippen molar-refractivity contribution in [1.82, 2.24) is 85.1 Å². The monoisotopic (exact) mass is 1880 g/mol. The Kier molecular flexibility index (Phi) is 77.4. The van der Waals surface area contributed by atoms with Crippen LogP contribution in [0.2, 0.25) is 0 Å². The molecule has 6 unspecified atom stereocenters. The molecule has 0 radical (unpaired) electrons. The summed E-state index contributed by atoms with van der Waals surface area (Å²) in [6, 6.07) is -10.1. The average molecular weight is 1890 g/mol. The molecule has 43 nitrogen and oxygen atoms in total. The highest BCUT2D eigenvalue weighted by Crippen LogP contribution is 2.21. The van der Waals surface area contributed by atoms with Gasteiger partial charge in [0, 0.05) is 102 Å². The van der Waals surface area contributed by atoms with Crippen LogP contribution in [0.5, 0.6) is 0 Å². The molecule has 0 aliphatic rings. The first-order chi connectivity index (χ1) is 63.1. The standard InChI is InChI=1S/C61H112N14O17.C28H53N5O7/c1-8-49(77)89-41-46(71-54(82)47(62)27-22-26-35-64-7)42-92-52(80)30-21-15-12-18-25-38-68-58(86)75-60(88)74-57(85)67-37-24-17-11-14-20-29-51(79)91-40-45(70-48(76)32-34-61(6,63)33-31-44(5)53(81)69-43(3)4)39-90-50(78)28-19-13-10-16-23-36-66-56(84)73-59(87)72-55(83)65-9-2;1-3-5-7-10-13-17-24(34)39-21-23(29)22-40-25(35)18-14-11-9-12-16-20-31-27(37)33-28(38)32-26(36)30-19-15-8-6-4-2/h43-47,64H,8-42,62-63H2,1-7H3,(H,69,81)(H,70,76)(H,71,82)(H4,65,66,72,73,83,84,87)(H4,67,68,74,75,85,86,88);23H,3-22,29H2,1-2H3,(H4,30,31,32,33,36,37,38). The molecule has 0 saturated carbocycles. The van der Waals surface area contributed by atoms with Crippen molar-refractivity contribution >= 4 is 108 Å². The SMILES string of the molecule is CCCCCCCC(=O)OCC(N)COC(=O)CCCCCCCNC(=O)NC(=O)NC(=O)NCCCCCC.CCNC(=O)NC(=O)NC(=O)NCCCCCCCC(=O)OCC(COC(=O)CCCCCCCNC(=O)NC(=O)NC(=O)NCCCCCCCC(=O)OCC(COC(=O)CC)NC(=O)C(N)CCCCNC)NC(=O)CCC(C)(N)CCC(C)C(=O)NC(C)C. The van der Waals surface area contributed by atoms with Crippen LogP contribution >= 0.6 is 0 Å². The molecule has 0 aliphatic heterocycles. The molecule has 22 N–H and O–H groups in total. The molecule has 21 amide bonds. The van der Waals surface area contributed by atoms with Gasteiger partial charge in [-0.2, -0.15) is 0 Å². The smallest absolute Gasteiger partial charge is 0.330 e. The molecule has 6 atom stereocenters. The second kappa shape index (κ2) is 82.6. The molecule has 0 aromatic carbocycles. The maximum Gasteiger partial charge on any atom is 0.330 e. The number of imide groups is 6. The van der Waals surface area contributed by atoms with Crippen molar-refractivity contribution in [2.45, 2.75) is 361 Å². The first-order valence-electron chi connectivity index (χ1n) is 47.8. The zero-order valence-electron chi connectivity index (χ0n) is 80.4. The summed E-state index contributed by atoms with van der Waals surface area (Å²) >= 11 is 0. The zero-order valence-corrected chi connectivity index (χ0v) is 80.4. The second-order valence-corrected chi connectivity index (χ2v) is 33.3. The van der Waals surface area contributed by atoms with Crippen molar-refractivity contribution in [1.29, 1.82) is 0 Å². The lowest BCUT2D eigenvalue weighted by Gasteiger charge is -2.26. The quantitative estimate of drug-likeness (QED) is 0.0154. The van der Waals surface area contributed by atoms with E-state index in [4.69, 9.17) is 45.6 Å². The maximum atomic E-state index is 13.2. The Hall–Kier alpha value is -10.3. The Morgan fingerprint density at radius 3 is 0.924 bits per heavy atom. The lowest BCUT2D eigenvalue weighted by molar-refractivity contribution is -0.150. The molecule has 132 heavy (non-hydrogen) atoms. The minimum Gasteiger partial charge on any atom is -0.464 e. The highest BCUT2D eigenvalue weighted by molar-refractivity contribution is 6.02. The van der Waals surface area contributed by atoms with Crippen molar-refractivity contribution in [2.24, 2.45) is 23.1 Å². The van der Waals surface area contributed by atoms with Gasteiger partial charge in [0.2, 0.25) is 17.7 Å². The number of nitrogens with one attached hydrogen (secondary N) is 16. The second-order valence-electron chi connectivity index (χ2n) is 33.3. The van der Waals surface area contributed by atoms with E-state index in [1.807, 2.05) is 66.6 Å². The van der Waals surface area contributed by atoms with Crippen LogP contribution in [-0.2, 0) is 71.6 Å². The van der Waals surface area contributed by atoms with E-state index in [2.05, 4.69) is 67.0 Å². The van der Waals surface area contributed by atoms with E-state index in [1.165, 1.54) is 6.42 Å². The number of nitrogens with two attached hydrogens (primary N) is 3. The Balaban J connectivity index is 0. The zero-order chi connectivity index (χ0) is 98.8. The molecule has 43 heteroatoms. The Morgan fingerprint density at radius 1 is 0.303 bits per heavy atom. The van der Waals surface area contributed by atoms with Crippen LogP contribution in [0.4, 0.5) is 43.2 Å².